The number of carbonyl (C=O) groups is 2. The van der Waals surface area contributed by atoms with E-state index < -0.39 is 27.6 Å². The predicted octanol–water partition coefficient (Wildman–Crippen LogP) is 2.60. The number of hydrogen-bond acceptors (Lipinski definition) is 8. The molecule has 2 fully saturated rings. The van der Waals surface area contributed by atoms with Gasteiger partial charge in [0.05, 0.1) is 29.4 Å². The number of hydrogen-bond donors (Lipinski definition) is 1. The van der Waals surface area contributed by atoms with E-state index in [2.05, 4.69) is 4.98 Å². The maximum atomic E-state index is 13.4. The summed E-state index contributed by atoms with van der Waals surface area (Å²) in [5, 5.41) is 10.3. The summed E-state index contributed by atoms with van der Waals surface area (Å²) in [5.74, 6) is -0.230. The maximum Gasteiger partial charge on any atom is 0.320 e. The maximum absolute atomic E-state index is 13.4. The van der Waals surface area contributed by atoms with Crippen molar-refractivity contribution in [1.29, 1.82) is 0 Å². The van der Waals surface area contributed by atoms with Crippen LogP contribution in [-0.2, 0) is 26.0 Å². The van der Waals surface area contributed by atoms with Gasteiger partial charge in [0.25, 0.3) is 0 Å². The highest BCUT2D eigenvalue weighted by Crippen LogP contribution is 2.38. The smallest absolute Gasteiger partial charge is 0.320 e. The van der Waals surface area contributed by atoms with E-state index in [1.807, 2.05) is 37.3 Å². The molecule has 0 saturated carbocycles. The zero-order valence-electron chi connectivity index (χ0n) is 22.4. The minimum Gasteiger partial charge on any atom is -0.489 e. The second-order valence-corrected chi connectivity index (χ2v) is 12.6. The van der Waals surface area contributed by atoms with Crippen LogP contribution in [0.2, 0.25) is 0 Å². The average molecular weight is 568 g/mol. The van der Waals surface area contributed by atoms with Gasteiger partial charge in [-0.3, -0.25) is 9.78 Å². The van der Waals surface area contributed by atoms with Gasteiger partial charge in [-0.2, -0.15) is 0 Å². The molecule has 0 aliphatic carbocycles. The molecule has 0 bridgehead atoms. The van der Waals surface area contributed by atoms with Crippen molar-refractivity contribution in [2.24, 2.45) is 5.41 Å². The number of para-hydroxylation sites is 1. The van der Waals surface area contributed by atoms with Crippen molar-refractivity contribution in [2.45, 2.75) is 24.8 Å². The van der Waals surface area contributed by atoms with Crippen LogP contribution in [0, 0.1) is 12.3 Å². The van der Waals surface area contributed by atoms with Crippen molar-refractivity contribution in [1.82, 2.24) is 14.8 Å². The summed E-state index contributed by atoms with van der Waals surface area (Å²) in [4.78, 5) is 32.9. The van der Waals surface area contributed by atoms with Gasteiger partial charge in [-0.15, -0.1) is 0 Å². The van der Waals surface area contributed by atoms with Crippen LogP contribution in [0.15, 0.2) is 59.5 Å². The first kappa shape index (κ1) is 28.0. The topological polar surface area (TPSA) is 126 Å². The molecule has 3 heterocycles. The highest BCUT2D eigenvalue weighted by molar-refractivity contribution is 7.91. The van der Waals surface area contributed by atoms with Gasteiger partial charge in [-0.1, -0.05) is 18.2 Å². The Morgan fingerprint density at radius 1 is 1.05 bits per heavy atom. The van der Waals surface area contributed by atoms with Gasteiger partial charge >= 0.3 is 6.03 Å². The van der Waals surface area contributed by atoms with Crippen LogP contribution in [0.3, 0.4) is 0 Å². The second kappa shape index (κ2) is 11.5. The lowest BCUT2D eigenvalue weighted by Gasteiger charge is -2.51. The third-order valence-corrected chi connectivity index (χ3v) is 9.34. The number of sulfone groups is 1. The van der Waals surface area contributed by atoms with E-state index in [1.54, 1.807) is 21.9 Å². The van der Waals surface area contributed by atoms with Gasteiger partial charge in [-0.25, -0.2) is 13.2 Å². The molecule has 2 saturated heterocycles. The van der Waals surface area contributed by atoms with Crippen molar-refractivity contribution in [2.75, 3.05) is 51.8 Å². The van der Waals surface area contributed by atoms with E-state index in [0.717, 1.165) is 22.2 Å². The van der Waals surface area contributed by atoms with Crippen LogP contribution < -0.4 is 4.74 Å². The van der Waals surface area contributed by atoms with E-state index in [0.29, 0.717) is 38.7 Å². The fourth-order valence-electron chi connectivity index (χ4n) is 5.49. The number of morpholine rings is 1. The summed E-state index contributed by atoms with van der Waals surface area (Å²) in [7, 11) is -3.79. The minimum absolute atomic E-state index is 0.110. The van der Waals surface area contributed by atoms with Crippen LogP contribution in [0.25, 0.3) is 10.9 Å². The largest absolute Gasteiger partial charge is 0.489 e. The average Bonchev–Trinajstić information content (AvgIpc) is 2.94. The van der Waals surface area contributed by atoms with Crippen LogP contribution in [0.4, 0.5) is 4.79 Å². The Bertz CT molecular complexity index is 1500. The SMILES string of the molecule is Cc1cc(COc2ccc(S(=O)(=O)CC3(CC(=O)CO)CN(C(=O)N4CCOCC4)C3)cc2)c2ccccc2n1. The van der Waals surface area contributed by atoms with Crippen LogP contribution in [-0.4, -0.2) is 91.9 Å². The molecule has 0 atom stereocenters. The highest BCUT2D eigenvalue weighted by atomic mass is 32.2. The lowest BCUT2D eigenvalue weighted by atomic mass is 9.77. The highest BCUT2D eigenvalue weighted by Gasteiger charge is 2.50. The summed E-state index contributed by atoms with van der Waals surface area (Å²) in [6.07, 6.45) is -0.115. The molecule has 212 valence electrons. The molecule has 1 aromatic heterocycles. The van der Waals surface area contributed by atoms with Crippen molar-refractivity contribution < 1.29 is 32.6 Å². The number of likely N-dealkylation sites (tertiary alicyclic amines) is 1. The van der Waals surface area contributed by atoms with Crippen molar-refractivity contribution in [3.8, 4) is 5.75 Å². The number of pyridine rings is 1. The van der Waals surface area contributed by atoms with Crippen LogP contribution in [0.1, 0.15) is 17.7 Å². The Hall–Kier alpha value is -3.54. The Balaban J connectivity index is 1.26. The third-order valence-electron chi connectivity index (χ3n) is 7.36. The number of aliphatic hydroxyl groups is 1. The first-order valence-electron chi connectivity index (χ1n) is 13.2. The number of urea groups is 1. The first-order valence-corrected chi connectivity index (χ1v) is 14.9. The molecule has 2 aliphatic heterocycles. The number of aromatic nitrogens is 1. The van der Waals surface area contributed by atoms with Crippen LogP contribution >= 0.6 is 0 Å². The standard InChI is InChI=1S/C29H33N3O7S/c1-21-14-22(26-4-2-3-5-27(26)30-21)17-39-24-6-8-25(9-7-24)40(36,37)20-29(15-23(34)16-33)18-32(19-29)28(35)31-10-12-38-13-11-31/h2-9,14,33H,10-13,15-20H2,1H3. The summed E-state index contributed by atoms with van der Waals surface area (Å²) in [6, 6.07) is 15.8. The van der Waals surface area contributed by atoms with Crippen molar-refractivity contribution >= 4 is 32.6 Å². The molecule has 2 amide bonds. The number of rotatable bonds is 9. The fraction of sp³-hybridized carbons (Fsp3) is 0.414. The number of carbonyl (C=O) groups excluding carboxylic acids is 2. The van der Waals surface area contributed by atoms with E-state index in [9.17, 15) is 23.1 Å². The summed E-state index contributed by atoms with van der Waals surface area (Å²) >= 11 is 0. The Morgan fingerprint density at radius 2 is 1.75 bits per heavy atom. The van der Waals surface area contributed by atoms with E-state index in [1.165, 1.54) is 12.1 Å². The number of amides is 2. The molecule has 0 unspecified atom stereocenters. The van der Waals surface area contributed by atoms with Crippen molar-refractivity contribution in [3.63, 3.8) is 0 Å². The molecule has 0 spiro atoms. The van der Waals surface area contributed by atoms with E-state index in [-0.39, 0.29) is 36.2 Å². The van der Waals surface area contributed by atoms with E-state index >= 15 is 0 Å². The molecule has 0 radical (unpaired) electrons. The second-order valence-electron chi connectivity index (χ2n) is 10.6. The van der Waals surface area contributed by atoms with Gasteiger partial charge in [0, 0.05) is 54.7 Å². The molecule has 5 rings (SSSR count). The third kappa shape index (κ3) is 6.11. The number of nitrogens with zero attached hydrogens (tertiary/aromatic N) is 3. The fourth-order valence-corrected chi connectivity index (χ4v) is 7.29. The number of ketones is 1. The lowest BCUT2D eigenvalue weighted by Crippen LogP contribution is -2.65. The van der Waals surface area contributed by atoms with Gasteiger partial charge in [0.1, 0.15) is 19.0 Å². The predicted molar refractivity (Wildman–Crippen MR) is 148 cm³/mol. The summed E-state index contributed by atoms with van der Waals surface area (Å²) in [6.45, 7) is 3.69. The number of ether oxygens (including phenoxy) is 2. The number of fused-ring (bicyclic) bond motifs is 1. The van der Waals surface area contributed by atoms with Crippen LogP contribution in [0.5, 0.6) is 5.75 Å². The zero-order chi connectivity index (χ0) is 28.3. The molecule has 2 aromatic carbocycles. The number of aryl methyl sites for hydroxylation is 1. The Morgan fingerprint density at radius 3 is 2.45 bits per heavy atom. The molecular weight excluding hydrogens is 534 g/mol. The zero-order valence-corrected chi connectivity index (χ0v) is 23.2. The van der Waals surface area contributed by atoms with Gasteiger partial charge < -0.3 is 24.4 Å². The van der Waals surface area contributed by atoms with Gasteiger partial charge in [-0.05, 0) is 43.3 Å². The normalized spacial score (nSPS) is 16.9. The summed E-state index contributed by atoms with van der Waals surface area (Å²) < 4.78 is 38.1. The van der Waals surface area contributed by atoms with Crippen molar-refractivity contribution in [3.05, 3.63) is 65.9 Å². The quantitative estimate of drug-likeness (QED) is 0.418. The first-order chi connectivity index (χ1) is 19.2. The van der Waals surface area contributed by atoms with Gasteiger partial charge in [0.2, 0.25) is 0 Å². The molecule has 3 aromatic rings. The molecule has 40 heavy (non-hydrogen) atoms. The Labute approximate surface area is 233 Å². The summed E-state index contributed by atoms with van der Waals surface area (Å²) in [5.41, 5.74) is 1.80. The van der Waals surface area contributed by atoms with E-state index in [4.69, 9.17) is 9.47 Å². The molecule has 1 N–H and O–H groups in total. The molecule has 2 aliphatic rings. The number of benzene rings is 2. The molecule has 10 nitrogen and oxygen atoms in total. The van der Waals surface area contributed by atoms with Gasteiger partial charge in [0.15, 0.2) is 15.6 Å². The molecule has 11 heteroatoms. The monoisotopic (exact) mass is 567 g/mol. The molecular formula is C29H33N3O7S. The minimum atomic E-state index is -3.79. The lowest BCUT2D eigenvalue weighted by molar-refractivity contribution is -0.126. The number of Topliss-reactive ketones (excluding diaryl/α,β-unsaturated/α-hetero) is 1. The Kier molecular flexibility index (Phi) is 8.07. The number of aliphatic hydroxyl groups excluding tert-OH is 1.